The summed E-state index contributed by atoms with van der Waals surface area (Å²) in [6.07, 6.45) is -4.64. The molecule has 0 saturated heterocycles. The Balaban J connectivity index is 1.88. The summed E-state index contributed by atoms with van der Waals surface area (Å²) in [5.74, 6) is 0.768. The summed E-state index contributed by atoms with van der Waals surface area (Å²) in [5.41, 5.74) is 1.82. The number of halogens is 4. The highest BCUT2D eigenvalue weighted by atomic mass is 79.9. The number of benzene rings is 2. The fourth-order valence-corrected chi connectivity index (χ4v) is 3.08. The Hall–Kier alpha value is -2.02. The van der Waals surface area contributed by atoms with E-state index < -0.39 is 12.6 Å². The number of alkyl halides is 3. The molecule has 1 heterocycles. The lowest BCUT2D eigenvalue weighted by Gasteiger charge is -2.06. The molecule has 25 heavy (non-hydrogen) atoms. The maximum Gasteiger partial charge on any atom is 0.394 e. The minimum absolute atomic E-state index is 0.0599. The summed E-state index contributed by atoms with van der Waals surface area (Å²) >= 11 is 3.37. The molecule has 3 nitrogen and oxygen atoms in total. The molecule has 0 aliphatic rings. The smallest absolute Gasteiger partial charge is 0.394 e. The van der Waals surface area contributed by atoms with Crippen LogP contribution in [0.25, 0.3) is 10.9 Å². The van der Waals surface area contributed by atoms with Crippen molar-refractivity contribution < 1.29 is 17.9 Å². The van der Waals surface area contributed by atoms with Crippen molar-refractivity contribution in [2.24, 2.45) is 0 Å². The van der Waals surface area contributed by atoms with E-state index in [-0.39, 0.29) is 5.69 Å². The van der Waals surface area contributed by atoms with Crippen molar-refractivity contribution in [2.45, 2.75) is 25.6 Å². The highest BCUT2D eigenvalue weighted by molar-refractivity contribution is 9.10. The average molecular weight is 413 g/mol. The molecule has 1 aromatic heterocycles. The fourth-order valence-electron chi connectivity index (χ4n) is 2.73. The van der Waals surface area contributed by atoms with Gasteiger partial charge in [-0.05, 0) is 42.3 Å². The fraction of sp³-hybridized carbons (Fsp3) is 0.278. The number of aryl methyl sites for hydroxylation is 2. The molecule has 132 valence electrons. The molecule has 0 bridgehead atoms. The van der Waals surface area contributed by atoms with Crippen molar-refractivity contribution in [2.75, 3.05) is 7.11 Å². The molecule has 0 atom stereocenters. The van der Waals surface area contributed by atoms with Crippen LogP contribution in [-0.4, -0.2) is 23.1 Å². The van der Waals surface area contributed by atoms with E-state index in [1.54, 1.807) is 30.0 Å². The maximum atomic E-state index is 12.8. The van der Waals surface area contributed by atoms with Crippen LogP contribution in [-0.2, 0) is 19.4 Å². The van der Waals surface area contributed by atoms with Crippen LogP contribution in [0.1, 0.15) is 11.3 Å². The van der Waals surface area contributed by atoms with Crippen LogP contribution in [0, 0.1) is 0 Å². The number of hydrogen-bond donors (Lipinski definition) is 0. The summed E-state index contributed by atoms with van der Waals surface area (Å²) in [4.78, 5) is 0. The van der Waals surface area contributed by atoms with Crippen LogP contribution in [0.2, 0.25) is 0 Å². The Bertz CT molecular complexity index is 872. The molecular formula is C18H16BrF3N2O. The first-order valence-corrected chi connectivity index (χ1v) is 8.49. The standard InChI is InChI=1S/C18H16BrF3N2O/c1-25-14-5-2-12(3-6-14)8-9-24-17-10-13(19)4-7-15(17)16(23-24)11-18(20,21)22/h2-7,10H,8-9,11H2,1H3. The van der Waals surface area contributed by atoms with Crippen molar-refractivity contribution in [1.29, 1.82) is 0 Å². The summed E-state index contributed by atoms with van der Waals surface area (Å²) < 4.78 is 46.0. The SMILES string of the molecule is COc1ccc(CCn2nc(CC(F)(F)F)c3ccc(Br)cc32)cc1. The first-order chi connectivity index (χ1) is 11.9. The summed E-state index contributed by atoms with van der Waals surface area (Å²) in [5, 5.41) is 4.75. The Labute approximate surface area is 151 Å². The Morgan fingerprint density at radius 1 is 1.12 bits per heavy atom. The summed E-state index contributed by atoms with van der Waals surface area (Å²) in [6.45, 7) is 0.497. The molecule has 0 unspecified atom stereocenters. The minimum atomic E-state index is -4.28. The largest absolute Gasteiger partial charge is 0.497 e. The van der Waals surface area contributed by atoms with Crippen LogP contribution in [0.3, 0.4) is 0 Å². The third-order valence-corrected chi connectivity index (χ3v) is 4.42. The molecular weight excluding hydrogens is 397 g/mol. The predicted molar refractivity (Wildman–Crippen MR) is 93.9 cm³/mol. The van der Waals surface area contributed by atoms with Crippen molar-refractivity contribution in [3.05, 3.63) is 58.2 Å². The van der Waals surface area contributed by atoms with Gasteiger partial charge in [0.05, 0.1) is 24.7 Å². The molecule has 0 aliphatic carbocycles. The predicted octanol–water partition coefficient (Wildman–Crippen LogP) is 5.15. The van der Waals surface area contributed by atoms with Gasteiger partial charge in [-0.2, -0.15) is 18.3 Å². The molecule has 2 aromatic carbocycles. The number of aromatic nitrogens is 2. The lowest BCUT2D eigenvalue weighted by molar-refractivity contribution is -0.127. The van der Waals surface area contributed by atoms with E-state index >= 15 is 0 Å². The van der Waals surface area contributed by atoms with Crippen LogP contribution in [0.5, 0.6) is 5.75 Å². The van der Waals surface area contributed by atoms with Gasteiger partial charge in [-0.15, -0.1) is 0 Å². The zero-order valence-electron chi connectivity index (χ0n) is 13.5. The second-order valence-electron chi connectivity index (χ2n) is 5.72. The zero-order chi connectivity index (χ0) is 18.0. The molecule has 7 heteroatoms. The number of nitrogens with zero attached hydrogens (tertiary/aromatic N) is 2. The number of ether oxygens (including phenoxy) is 1. The number of rotatable bonds is 5. The van der Waals surface area contributed by atoms with E-state index in [1.807, 2.05) is 24.3 Å². The normalized spacial score (nSPS) is 11.9. The molecule has 0 spiro atoms. The van der Waals surface area contributed by atoms with Crippen molar-refractivity contribution >= 4 is 26.8 Å². The van der Waals surface area contributed by atoms with E-state index in [9.17, 15) is 13.2 Å². The molecule has 0 fully saturated rings. The Morgan fingerprint density at radius 3 is 2.48 bits per heavy atom. The first-order valence-electron chi connectivity index (χ1n) is 7.70. The lowest BCUT2D eigenvalue weighted by atomic mass is 10.1. The number of methoxy groups -OCH3 is 1. The molecule has 3 aromatic rings. The van der Waals surface area contributed by atoms with Crippen LogP contribution >= 0.6 is 15.9 Å². The van der Waals surface area contributed by atoms with E-state index in [2.05, 4.69) is 21.0 Å². The average Bonchev–Trinajstić information content (AvgIpc) is 2.88. The minimum Gasteiger partial charge on any atom is -0.497 e. The van der Waals surface area contributed by atoms with E-state index in [4.69, 9.17) is 4.74 Å². The molecule has 0 radical (unpaired) electrons. The van der Waals surface area contributed by atoms with Gasteiger partial charge in [-0.1, -0.05) is 28.1 Å². The second kappa shape index (κ2) is 7.07. The van der Waals surface area contributed by atoms with Gasteiger partial charge in [0.1, 0.15) is 5.75 Å². The topological polar surface area (TPSA) is 27.1 Å². The van der Waals surface area contributed by atoms with E-state index in [0.717, 1.165) is 15.8 Å². The third-order valence-electron chi connectivity index (χ3n) is 3.93. The number of fused-ring (bicyclic) bond motifs is 1. The van der Waals surface area contributed by atoms with Gasteiger partial charge < -0.3 is 4.74 Å². The Morgan fingerprint density at radius 2 is 1.84 bits per heavy atom. The summed E-state index contributed by atoms with van der Waals surface area (Å²) in [6, 6.07) is 12.8. The van der Waals surface area contributed by atoms with E-state index in [0.29, 0.717) is 23.9 Å². The van der Waals surface area contributed by atoms with Gasteiger partial charge in [0.2, 0.25) is 0 Å². The lowest BCUT2D eigenvalue weighted by Crippen LogP contribution is -2.13. The van der Waals surface area contributed by atoms with Crippen LogP contribution in [0.4, 0.5) is 13.2 Å². The van der Waals surface area contributed by atoms with Crippen molar-refractivity contribution in [1.82, 2.24) is 9.78 Å². The summed E-state index contributed by atoms with van der Waals surface area (Å²) in [7, 11) is 1.60. The highest BCUT2D eigenvalue weighted by Gasteiger charge is 2.30. The van der Waals surface area contributed by atoms with Gasteiger partial charge in [0.25, 0.3) is 0 Å². The van der Waals surface area contributed by atoms with Gasteiger partial charge in [0, 0.05) is 16.4 Å². The number of hydrogen-bond acceptors (Lipinski definition) is 2. The van der Waals surface area contributed by atoms with Crippen LogP contribution in [0.15, 0.2) is 46.9 Å². The first kappa shape index (κ1) is 17.8. The molecule has 0 aliphatic heterocycles. The molecule has 0 amide bonds. The highest BCUT2D eigenvalue weighted by Crippen LogP contribution is 2.28. The van der Waals surface area contributed by atoms with Crippen molar-refractivity contribution in [3.8, 4) is 5.75 Å². The van der Waals surface area contributed by atoms with Gasteiger partial charge in [-0.25, -0.2) is 0 Å². The third kappa shape index (κ3) is 4.34. The van der Waals surface area contributed by atoms with E-state index in [1.165, 1.54) is 0 Å². The second-order valence-corrected chi connectivity index (χ2v) is 6.64. The monoisotopic (exact) mass is 412 g/mol. The quantitative estimate of drug-likeness (QED) is 0.578. The van der Waals surface area contributed by atoms with Gasteiger partial charge in [-0.3, -0.25) is 4.68 Å². The molecule has 0 saturated carbocycles. The maximum absolute atomic E-state index is 12.8. The van der Waals surface area contributed by atoms with Gasteiger partial charge >= 0.3 is 6.18 Å². The zero-order valence-corrected chi connectivity index (χ0v) is 15.1. The molecule has 3 rings (SSSR count). The van der Waals surface area contributed by atoms with Crippen molar-refractivity contribution in [3.63, 3.8) is 0 Å². The Kier molecular flexibility index (Phi) is 5.03. The molecule has 0 N–H and O–H groups in total. The van der Waals surface area contributed by atoms with Crippen LogP contribution < -0.4 is 4.74 Å². The van der Waals surface area contributed by atoms with Gasteiger partial charge in [0.15, 0.2) is 0 Å².